The van der Waals surface area contributed by atoms with E-state index >= 15 is 0 Å². The summed E-state index contributed by atoms with van der Waals surface area (Å²) in [4.78, 5) is 4.30. The molecule has 0 unspecified atom stereocenters. The van der Waals surface area contributed by atoms with Crippen LogP contribution in [0.15, 0.2) is 23.1 Å². The maximum Gasteiger partial charge on any atom is 0.243 e. The SMILES string of the molecule is Cc1nc(CN(C)S(=O)(=O)c2cc(N)ccc2C)n[nH]1. The van der Waals surface area contributed by atoms with E-state index in [1.807, 2.05) is 0 Å². The number of aromatic nitrogens is 3. The third kappa shape index (κ3) is 2.81. The number of nitrogen functional groups attached to an aromatic ring is 1. The summed E-state index contributed by atoms with van der Waals surface area (Å²) in [6.45, 7) is 3.59. The second-order valence-corrected chi connectivity index (χ2v) is 6.64. The van der Waals surface area contributed by atoms with E-state index in [1.54, 1.807) is 26.0 Å². The maximum absolute atomic E-state index is 12.5. The van der Waals surface area contributed by atoms with Crippen LogP contribution in [0.2, 0.25) is 0 Å². The van der Waals surface area contributed by atoms with Gasteiger partial charge >= 0.3 is 0 Å². The highest BCUT2D eigenvalue weighted by atomic mass is 32.2. The van der Waals surface area contributed by atoms with Crippen molar-refractivity contribution in [3.8, 4) is 0 Å². The lowest BCUT2D eigenvalue weighted by molar-refractivity contribution is 0.457. The van der Waals surface area contributed by atoms with E-state index in [0.717, 1.165) is 0 Å². The Bertz CT molecular complexity index is 723. The van der Waals surface area contributed by atoms with Crippen molar-refractivity contribution in [2.45, 2.75) is 25.3 Å². The van der Waals surface area contributed by atoms with E-state index in [2.05, 4.69) is 15.2 Å². The van der Waals surface area contributed by atoms with Gasteiger partial charge in [-0.3, -0.25) is 5.10 Å². The van der Waals surface area contributed by atoms with Gasteiger partial charge in [-0.15, -0.1) is 0 Å². The molecule has 0 atom stereocenters. The molecule has 0 spiro atoms. The quantitative estimate of drug-likeness (QED) is 0.813. The van der Waals surface area contributed by atoms with Crippen molar-refractivity contribution < 1.29 is 8.42 Å². The standard InChI is InChI=1S/C12H17N5O2S/c1-8-4-5-10(13)6-11(8)20(18,19)17(3)7-12-14-9(2)15-16-12/h4-6H,7,13H2,1-3H3,(H,14,15,16). The number of anilines is 1. The van der Waals surface area contributed by atoms with Gasteiger partial charge in [0.1, 0.15) is 5.82 Å². The number of hydrogen-bond acceptors (Lipinski definition) is 5. The van der Waals surface area contributed by atoms with Crippen LogP contribution in [0.3, 0.4) is 0 Å². The topological polar surface area (TPSA) is 105 Å². The van der Waals surface area contributed by atoms with Crippen LogP contribution in [0.1, 0.15) is 17.2 Å². The minimum atomic E-state index is -3.62. The first kappa shape index (κ1) is 14.5. The van der Waals surface area contributed by atoms with Gasteiger partial charge in [0.15, 0.2) is 5.82 Å². The molecule has 1 aromatic carbocycles. The molecule has 0 bridgehead atoms. The Hall–Kier alpha value is -1.93. The van der Waals surface area contributed by atoms with Gasteiger partial charge in [0.25, 0.3) is 0 Å². The first-order valence-electron chi connectivity index (χ1n) is 6.01. The first-order valence-corrected chi connectivity index (χ1v) is 7.45. The average Bonchev–Trinajstić information content (AvgIpc) is 2.77. The van der Waals surface area contributed by atoms with Gasteiger partial charge in [-0.25, -0.2) is 13.4 Å². The van der Waals surface area contributed by atoms with E-state index in [4.69, 9.17) is 5.73 Å². The highest BCUT2D eigenvalue weighted by Gasteiger charge is 2.24. The second-order valence-electron chi connectivity index (χ2n) is 4.62. The third-order valence-electron chi connectivity index (χ3n) is 2.91. The molecule has 108 valence electrons. The Morgan fingerprint density at radius 1 is 1.35 bits per heavy atom. The Balaban J connectivity index is 2.32. The highest BCUT2D eigenvalue weighted by molar-refractivity contribution is 7.89. The van der Waals surface area contributed by atoms with Crippen LogP contribution in [-0.4, -0.2) is 35.0 Å². The molecule has 2 aromatic rings. The number of rotatable bonds is 4. The number of aromatic amines is 1. The monoisotopic (exact) mass is 295 g/mol. The van der Waals surface area contributed by atoms with Crippen LogP contribution in [0, 0.1) is 13.8 Å². The van der Waals surface area contributed by atoms with E-state index < -0.39 is 10.0 Å². The Morgan fingerprint density at radius 2 is 2.05 bits per heavy atom. The number of aryl methyl sites for hydroxylation is 2. The lowest BCUT2D eigenvalue weighted by atomic mass is 10.2. The zero-order chi connectivity index (χ0) is 14.9. The largest absolute Gasteiger partial charge is 0.399 e. The number of nitrogens with one attached hydrogen (secondary N) is 1. The summed E-state index contributed by atoms with van der Waals surface area (Å²) >= 11 is 0. The van der Waals surface area contributed by atoms with Crippen LogP contribution in [-0.2, 0) is 16.6 Å². The van der Waals surface area contributed by atoms with Crippen molar-refractivity contribution in [1.29, 1.82) is 0 Å². The van der Waals surface area contributed by atoms with E-state index in [1.165, 1.54) is 17.4 Å². The van der Waals surface area contributed by atoms with Crippen molar-refractivity contribution in [1.82, 2.24) is 19.5 Å². The van der Waals surface area contributed by atoms with E-state index in [9.17, 15) is 8.42 Å². The number of H-pyrrole nitrogens is 1. The number of sulfonamides is 1. The van der Waals surface area contributed by atoms with Crippen LogP contribution in [0.5, 0.6) is 0 Å². The average molecular weight is 295 g/mol. The molecule has 20 heavy (non-hydrogen) atoms. The molecule has 3 N–H and O–H groups in total. The normalized spacial score (nSPS) is 12.0. The maximum atomic E-state index is 12.5. The van der Waals surface area contributed by atoms with Gasteiger partial charge in [0.2, 0.25) is 10.0 Å². The van der Waals surface area contributed by atoms with Gasteiger partial charge in [-0.2, -0.15) is 9.40 Å². The molecule has 8 heteroatoms. The molecule has 0 amide bonds. The van der Waals surface area contributed by atoms with Crippen molar-refractivity contribution in [3.05, 3.63) is 35.4 Å². The van der Waals surface area contributed by atoms with Crippen molar-refractivity contribution in [2.24, 2.45) is 0 Å². The summed E-state index contributed by atoms with van der Waals surface area (Å²) in [5, 5.41) is 6.62. The van der Waals surface area contributed by atoms with Crippen LogP contribution in [0.4, 0.5) is 5.69 Å². The van der Waals surface area contributed by atoms with E-state index in [-0.39, 0.29) is 11.4 Å². The fraction of sp³-hybridized carbons (Fsp3) is 0.333. The second kappa shape index (κ2) is 5.22. The molecule has 1 heterocycles. The summed E-state index contributed by atoms with van der Waals surface area (Å²) in [5.74, 6) is 1.07. The van der Waals surface area contributed by atoms with Crippen LogP contribution >= 0.6 is 0 Å². The molecule has 0 aliphatic heterocycles. The molecule has 2 rings (SSSR count). The molecule has 0 radical (unpaired) electrons. The number of nitrogens with two attached hydrogens (primary N) is 1. The molecule has 1 aromatic heterocycles. The van der Waals surface area contributed by atoms with Crippen LogP contribution < -0.4 is 5.73 Å². The summed E-state index contributed by atoms with van der Waals surface area (Å²) < 4.78 is 26.2. The fourth-order valence-electron chi connectivity index (χ4n) is 1.81. The number of benzene rings is 1. The smallest absolute Gasteiger partial charge is 0.243 e. The molecule has 7 nitrogen and oxygen atoms in total. The van der Waals surface area contributed by atoms with Crippen LogP contribution in [0.25, 0.3) is 0 Å². The zero-order valence-corrected chi connectivity index (χ0v) is 12.4. The lowest BCUT2D eigenvalue weighted by Crippen LogP contribution is -2.27. The van der Waals surface area contributed by atoms with Gasteiger partial charge in [-0.05, 0) is 31.5 Å². The Morgan fingerprint density at radius 3 is 2.65 bits per heavy atom. The summed E-state index contributed by atoms with van der Waals surface area (Å²) in [6, 6.07) is 4.82. The Kier molecular flexibility index (Phi) is 3.78. The number of hydrogen-bond donors (Lipinski definition) is 2. The minimum Gasteiger partial charge on any atom is -0.399 e. The molecule has 0 aliphatic carbocycles. The highest BCUT2D eigenvalue weighted by Crippen LogP contribution is 2.22. The molecular weight excluding hydrogens is 278 g/mol. The fourth-order valence-corrected chi connectivity index (χ4v) is 3.19. The molecule has 0 fully saturated rings. The Labute approximate surface area is 117 Å². The molecule has 0 aliphatic rings. The van der Waals surface area contributed by atoms with Crippen molar-refractivity contribution in [3.63, 3.8) is 0 Å². The van der Waals surface area contributed by atoms with Gasteiger partial charge in [-0.1, -0.05) is 6.07 Å². The summed E-state index contributed by atoms with van der Waals surface area (Å²) in [5.41, 5.74) is 6.73. The molecule has 0 saturated carbocycles. The third-order valence-corrected chi connectivity index (χ3v) is 4.85. The zero-order valence-electron chi connectivity index (χ0n) is 11.6. The van der Waals surface area contributed by atoms with Crippen molar-refractivity contribution >= 4 is 15.7 Å². The van der Waals surface area contributed by atoms with E-state index in [0.29, 0.717) is 22.9 Å². The van der Waals surface area contributed by atoms with Crippen molar-refractivity contribution in [2.75, 3.05) is 12.8 Å². The number of nitrogens with zero attached hydrogens (tertiary/aromatic N) is 3. The first-order chi connectivity index (χ1) is 9.30. The van der Waals surface area contributed by atoms with Gasteiger partial charge < -0.3 is 5.73 Å². The van der Waals surface area contributed by atoms with Gasteiger partial charge in [0, 0.05) is 12.7 Å². The summed E-state index contributed by atoms with van der Waals surface area (Å²) in [6.07, 6.45) is 0. The predicted octanol–water partition coefficient (Wildman–Crippen LogP) is 0.824. The molecular formula is C12H17N5O2S. The lowest BCUT2D eigenvalue weighted by Gasteiger charge is -2.17. The molecule has 0 saturated heterocycles. The summed E-state index contributed by atoms with van der Waals surface area (Å²) in [7, 11) is -2.13. The minimum absolute atomic E-state index is 0.0981. The predicted molar refractivity (Wildman–Crippen MR) is 75.4 cm³/mol. The van der Waals surface area contributed by atoms with Gasteiger partial charge in [0.05, 0.1) is 11.4 Å².